The highest BCUT2D eigenvalue weighted by Crippen LogP contribution is 2.26. The van der Waals surface area contributed by atoms with Crippen molar-refractivity contribution in [3.8, 4) is 5.75 Å². The normalized spacial score (nSPS) is 12.5. The first-order valence-corrected chi connectivity index (χ1v) is 16.6. The molecule has 2 amide bonds. The summed E-state index contributed by atoms with van der Waals surface area (Å²) in [5, 5.41) is 3.02. The molecule has 4 aromatic carbocycles. The van der Waals surface area contributed by atoms with Gasteiger partial charge in [-0.25, -0.2) is 12.8 Å². The number of sulfonamides is 1. The van der Waals surface area contributed by atoms with Gasteiger partial charge in [-0.05, 0) is 79.9 Å². The third kappa shape index (κ3) is 8.72. The van der Waals surface area contributed by atoms with Crippen LogP contribution in [0.4, 0.5) is 10.1 Å². The van der Waals surface area contributed by atoms with Crippen molar-refractivity contribution in [2.24, 2.45) is 0 Å². The predicted molar refractivity (Wildman–Crippen MR) is 177 cm³/mol. The van der Waals surface area contributed by atoms with Crippen LogP contribution in [0, 0.1) is 12.7 Å². The van der Waals surface area contributed by atoms with Crippen molar-refractivity contribution >= 4 is 27.5 Å². The summed E-state index contributed by atoms with van der Waals surface area (Å²) in [5.41, 5.74) is 2.70. The van der Waals surface area contributed by atoms with Crippen LogP contribution in [0.5, 0.6) is 5.75 Å². The standard InChI is InChI=1S/C36H40FN3O5S/c1-5-27(3)38-36(42)34(23-28-10-7-6-8-11-28)39(24-29-12-9-13-32(22-29)45-4)35(41)25-40(31-18-14-26(2)15-19-31)46(43,44)33-20-16-30(37)17-21-33/h6-22,27,34H,5,23-25H2,1-4H3,(H,38,42)/t27-,34+/m0/s1. The van der Waals surface area contributed by atoms with Crippen molar-refractivity contribution in [3.63, 3.8) is 0 Å². The van der Waals surface area contributed by atoms with E-state index in [2.05, 4.69) is 5.32 Å². The van der Waals surface area contributed by atoms with E-state index >= 15 is 0 Å². The van der Waals surface area contributed by atoms with Gasteiger partial charge in [0, 0.05) is 19.0 Å². The van der Waals surface area contributed by atoms with E-state index < -0.39 is 34.3 Å². The van der Waals surface area contributed by atoms with Gasteiger partial charge in [0.25, 0.3) is 10.0 Å². The molecular weight excluding hydrogens is 605 g/mol. The number of hydrogen-bond donors (Lipinski definition) is 1. The molecule has 1 N–H and O–H groups in total. The fraction of sp³-hybridized carbons (Fsp3) is 0.278. The number of halogens is 1. The molecule has 0 heterocycles. The molecule has 0 aliphatic rings. The number of rotatable bonds is 14. The first-order valence-electron chi connectivity index (χ1n) is 15.1. The van der Waals surface area contributed by atoms with Crippen molar-refractivity contribution in [2.75, 3.05) is 18.0 Å². The molecular formula is C36H40FN3O5S. The summed E-state index contributed by atoms with van der Waals surface area (Å²) < 4.78 is 48.3. The quantitative estimate of drug-likeness (QED) is 0.185. The largest absolute Gasteiger partial charge is 0.497 e. The van der Waals surface area contributed by atoms with Gasteiger partial charge >= 0.3 is 0 Å². The predicted octanol–water partition coefficient (Wildman–Crippen LogP) is 5.89. The van der Waals surface area contributed by atoms with E-state index in [4.69, 9.17) is 4.74 Å². The van der Waals surface area contributed by atoms with E-state index in [1.54, 1.807) is 49.6 Å². The number of nitrogens with zero attached hydrogens (tertiary/aromatic N) is 2. The first kappa shape index (κ1) is 34.2. The van der Waals surface area contributed by atoms with Crippen molar-refractivity contribution in [2.45, 2.75) is 57.1 Å². The SMILES string of the molecule is CC[C@H](C)NC(=O)[C@@H](Cc1ccccc1)N(Cc1cccc(OC)c1)C(=O)CN(c1ccc(C)cc1)S(=O)(=O)c1ccc(F)cc1. The van der Waals surface area contributed by atoms with Crippen LogP contribution in [0.1, 0.15) is 37.0 Å². The van der Waals surface area contributed by atoms with E-state index in [0.29, 0.717) is 17.7 Å². The van der Waals surface area contributed by atoms with Crippen molar-refractivity contribution < 1.29 is 27.1 Å². The second-order valence-corrected chi connectivity index (χ2v) is 13.1. The molecule has 0 saturated carbocycles. The number of hydrogen-bond acceptors (Lipinski definition) is 5. The summed E-state index contributed by atoms with van der Waals surface area (Å²) in [4.78, 5) is 29.7. The first-order chi connectivity index (χ1) is 22.0. The Balaban J connectivity index is 1.81. The van der Waals surface area contributed by atoms with Crippen LogP contribution < -0.4 is 14.4 Å². The third-order valence-electron chi connectivity index (χ3n) is 7.76. The van der Waals surface area contributed by atoms with Gasteiger partial charge in [-0.1, -0.05) is 67.1 Å². The number of nitrogens with one attached hydrogen (secondary N) is 1. The number of carbonyl (C=O) groups excluding carboxylic acids is 2. The Bertz CT molecular complexity index is 1720. The number of aryl methyl sites for hydroxylation is 1. The zero-order valence-electron chi connectivity index (χ0n) is 26.5. The van der Waals surface area contributed by atoms with Gasteiger partial charge in [-0.2, -0.15) is 0 Å². The van der Waals surface area contributed by atoms with Gasteiger partial charge < -0.3 is 15.0 Å². The summed E-state index contributed by atoms with van der Waals surface area (Å²) in [7, 11) is -2.78. The maximum absolute atomic E-state index is 14.5. The molecule has 2 atom stereocenters. The molecule has 4 rings (SSSR count). The Morgan fingerprint density at radius 3 is 2.17 bits per heavy atom. The average molecular weight is 646 g/mol. The number of methoxy groups -OCH3 is 1. The topological polar surface area (TPSA) is 96.0 Å². The maximum atomic E-state index is 14.5. The summed E-state index contributed by atoms with van der Waals surface area (Å²) >= 11 is 0. The van der Waals surface area contributed by atoms with Crippen molar-refractivity contribution in [1.82, 2.24) is 10.2 Å². The molecule has 0 aliphatic heterocycles. The van der Waals surface area contributed by atoms with Crippen LogP contribution in [0.2, 0.25) is 0 Å². The minimum absolute atomic E-state index is 0.0137. The molecule has 0 aliphatic carbocycles. The number of benzene rings is 4. The van der Waals surface area contributed by atoms with Gasteiger partial charge in [0.15, 0.2) is 0 Å². The molecule has 4 aromatic rings. The van der Waals surface area contributed by atoms with Crippen LogP contribution in [-0.4, -0.2) is 50.9 Å². The zero-order chi connectivity index (χ0) is 33.3. The third-order valence-corrected chi connectivity index (χ3v) is 9.55. The van der Waals surface area contributed by atoms with Crippen molar-refractivity contribution in [1.29, 1.82) is 0 Å². The fourth-order valence-corrected chi connectivity index (χ4v) is 6.35. The fourth-order valence-electron chi connectivity index (χ4n) is 4.94. The molecule has 10 heteroatoms. The lowest BCUT2D eigenvalue weighted by Crippen LogP contribution is -2.54. The van der Waals surface area contributed by atoms with Gasteiger partial charge in [-0.3, -0.25) is 13.9 Å². The van der Waals surface area contributed by atoms with Gasteiger partial charge in [0.2, 0.25) is 11.8 Å². The second-order valence-electron chi connectivity index (χ2n) is 11.2. The van der Waals surface area contributed by atoms with Crippen LogP contribution in [0.3, 0.4) is 0 Å². The van der Waals surface area contributed by atoms with Crippen LogP contribution in [-0.2, 0) is 32.6 Å². The summed E-state index contributed by atoms with van der Waals surface area (Å²) in [6, 6.07) is 26.6. The van der Waals surface area contributed by atoms with Gasteiger partial charge in [0.1, 0.15) is 24.2 Å². The molecule has 0 spiro atoms. The summed E-state index contributed by atoms with van der Waals surface area (Å²) in [5.74, 6) is -0.946. The highest BCUT2D eigenvalue weighted by atomic mass is 32.2. The van der Waals surface area contributed by atoms with E-state index in [0.717, 1.165) is 27.6 Å². The Labute approximate surface area is 270 Å². The number of ether oxygens (including phenoxy) is 1. The highest BCUT2D eigenvalue weighted by Gasteiger charge is 2.35. The summed E-state index contributed by atoms with van der Waals surface area (Å²) in [6.07, 6.45) is 0.888. The number of amides is 2. The lowest BCUT2D eigenvalue weighted by molar-refractivity contribution is -0.140. The van der Waals surface area contributed by atoms with E-state index in [9.17, 15) is 22.4 Å². The zero-order valence-corrected chi connectivity index (χ0v) is 27.3. The Morgan fingerprint density at radius 1 is 0.891 bits per heavy atom. The molecule has 0 radical (unpaired) electrons. The molecule has 0 aromatic heterocycles. The van der Waals surface area contributed by atoms with E-state index in [1.165, 1.54) is 17.0 Å². The Kier molecular flexibility index (Phi) is 11.5. The number of anilines is 1. The lowest BCUT2D eigenvalue weighted by atomic mass is 10.0. The minimum atomic E-state index is -4.33. The molecule has 242 valence electrons. The van der Waals surface area contributed by atoms with Gasteiger partial charge in [-0.15, -0.1) is 0 Å². The van der Waals surface area contributed by atoms with E-state index in [1.807, 2.05) is 57.2 Å². The van der Waals surface area contributed by atoms with Crippen LogP contribution in [0.25, 0.3) is 0 Å². The minimum Gasteiger partial charge on any atom is -0.497 e. The van der Waals surface area contributed by atoms with Crippen LogP contribution in [0.15, 0.2) is 108 Å². The van der Waals surface area contributed by atoms with Crippen molar-refractivity contribution in [3.05, 3.63) is 126 Å². The van der Waals surface area contributed by atoms with E-state index in [-0.39, 0.29) is 35.5 Å². The maximum Gasteiger partial charge on any atom is 0.264 e. The monoisotopic (exact) mass is 645 g/mol. The molecule has 8 nitrogen and oxygen atoms in total. The highest BCUT2D eigenvalue weighted by molar-refractivity contribution is 7.92. The Morgan fingerprint density at radius 2 is 1.54 bits per heavy atom. The smallest absolute Gasteiger partial charge is 0.264 e. The van der Waals surface area contributed by atoms with Crippen LogP contribution >= 0.6 is 0 Å². The lowest BCUT2D eigenvalue weighted by Gasteiger charge is -2.34. The second kappa shape index (κ2) is 15.5. The summed E-state index contributed by atoms with van der Waals surface area (Å²) in [6.45, 7) is 5.12. The van der Waals surface area contributed by atoms with Gasteiger partial charge in [0.05, 0.1) is 17.7 Å². The number of carbonyl (C=O) groups is 2. The molecule has 46 heavy (non-hydrogen) atoms. The molecule has 0 fully saturated rings. The molecule has 0 bridgehead atoms. The molecule has 0 saturated heterocycles. The average Bonchev–Trinajstić information content (AvgIpc) is 3.06. The molecule has 0 unspecified atom stereocenters. The Hall–Kier alpha value is -4.70.